The quantitative estimate of drug-likeness (QED) is 0.270. The largest absolute Gasteiger partial charge is 0.355 e. The minimum Gasteiger partial charge on any atom is -0.355 e. The minimum atomic E-state index is -0.380. The number of nitrogens with one attached hydrogen (secondary N) is 3. The summed E-state index contributed by atoms with van der Waals surface area (Å²) >= 11 is 0. The number of fused-ring (bicyclic) bond motifs is 1. The van der Waals surface area contributed by atoms with Gasteiger partial charge in [-0.1, -0.05) is 26.8 Å². The van der Waals surface area contributed by atoms with E-state index in [0.717, 1.165) is 11.5 Å². The van der Waals surface area contributed by atoms with Gasteiger partial charge in [0, 0.05) is 31.7 Å². The van der Waals surface area contributed by atoms with Crippen LogP contribution in [0.1, 0.15) is 26.6 Å². The van der Waals surface area contributed by atoms with Crippen LogP contribution >= 0.6 is 24.0 Å². The Morgan fingerprint density at radius 1 is 1.16 bits per heavy atom. The van der Waals surface area contributed by atoms with E-state index in [-0.39, 0.29) is 35.3 Å². The number of aliphatic imine (C=N–C) groups is 1. The summed E-state index contributed by atoms with van der Waals surface area (Å²) in [5.41, 5.74) is 0.427. The number of hydrogen-bond acceptors (Lipinski definition) is 4. The van der Waals surface area contributed by atoms with Crippen molar-refractivity contribution >= 4 is 41.5 Å². The number of halogens is 1. The first-order chi connectivity index (χ1) is 11.4. The molecule has 3 N–H and O–H groups in total. The number of carbonyl (C=O) groups is 1. The van der Waals surface area contributed by atoms with E-state index >= 15 is 0 Å². The van der Waals surface area contributed by atoms with Crippen LogP contribution in [0, 0.1) is 5.41 Å². The van der Waals surface area contributed by atoms with Gasteiger partial charge in [-0.05, 0) is 12.1 Å². The van der Waals surface area contributed by atoms with Crippen molar-refractivity contribution in [1.82, 2.24) is 30.5 Å². The van der Waals surface area contributed by atoms with E-state index in [1.54, 1.807) is 7.05 Å². The fourth-order valence-electron chi connectivity index (χ4n) is 2.02. The highest BCUT2D eigenvalue weighted by atomic mass is 127. The Morgan fingerprint density at radius 3 is 2.56 bits per heavy atom. The average Bonchev–Trinajstić information content (AvgIpc) is 2.96. The summed E-state index contributed by atoms with van der Waals surface area (Å²) in [4.78, 5) is 15.9. The van der Waals surface area contributed by atoms with Crippen molar-refractivity contribution in [3.8, 4) is 0 Å². The maximum absolute atomic E-state index is 11.8. The molecule has 0 aromatic carbocycles. The first kappa shape index (κ1) is 21.1. The van der Waals surface area contributed by atoms with Crippen molar-refractivity contribution in [2.24, 2.45) is 10.4 Å². The Bertz CT molecular complexity index is 721. The minimum absolute atomic E-state index is 0. The van der Waals surface area contributed by atoms with E-state index in [1.807, 2.05) is 49.6 Å². The Hall–Kier alpha value is -1.91. The van der Waals surface area contributed by atoms with Gasteiger partial charge in [0.2, 0.25) is 5.91 Å². The van der Waals surface area contributed by atoms with Gasteiger partial charge in [0.1, 0.15) is 0 Å². The van der Waals surface area contributed by atoms with E-state index in [9.17, 15) is 4.79 Å². The average molecular weight is 459 g/mol. The number of pyridine rings is 1. The SMILES string of the molecule is CN=C(NCCNC(=O)C(C)(C)C)NCc1nnc2ccccn12.I. The molecule has 9 heteroatoms. The molecule has 0 bridgehead atoms. The number of rotatable bonds is 5. The summed E-state index contributed by atoms with van der Waals surface area (Å²) in [5, 5.41) is 17.5. The standard InChI is InChI=1S/C16H25N7O.HI/c1-16(2,3)14(24)18-8-9-19-15(17-4)20-11-13-22-21-12-7-5-6-10-23(12)13;/h5-7,10H,8-9,11H2,1-4H3,(H,18,24)(H2,17,19,20);1H. The van der Waals surface area contributed by atoms with Crippen molar-refractivity contribution in [1.29, 1.82) is 0 Å². The van der Waals surface area contributed by atoms with Gasteiger partial charge in [-0.2, -0.15) is 0 Å². The predicted octanol–water partition coefficient (Wildman–Crippen LogP) is 1.17. The zero-order valence-corrected chi connectivity index (χ0v) is 17.4. The second-order valence-electron chi connectivity index (χ2n) is 6.40. The molecule has 0 aliphatic carbocycles. The molecule has 0 unspecified atom stereocenters. The first-order valence-electron chi connectivity index (χ1n) is 7.93. The van der Waals surface area contributed by atoms with Crippen LogP contribution in [0.25, 0.3) is 5.65 Å². The van der Waals surface area contributed by atoms with Crippen molar-refractivity contribution in [2.75, 3.05) is 20.1 Å². The lowest BCUT2D eigenvalue weighted by Crippen LogP contribution is -2.43. The van der Waals surface area contributed by atoms with Gasteiger partial charge in [-0.3, -0.25) is 14.2 Å². The summed E-state index contributed by atoms with van der Waals surface area (Å²) in [6.45, 7) is 7.28. The zero-order chi connectivity index (χ0) is 17.6. The second-order valence-corrected chi connectivity index (χ2v) is 6.40. The fraction of sp³-hybridized carbons (Fsp3) is 0.500. The number of guanidine groups is 1. The summed E-state index contributed by atoms with van der Waals surface area (Å²) in [6.07, 6.45) is 1.92. The van der Waals surface area contributed by atoms with Crippen molar-refractivity contribution in [3.63, 3.8) is 0 Å². The number of hydrogen-bond donors (Lipinski definition) is 3. The molecule has 2 rings (SSSR count). The zero-order valence-electron chi connectivity index (χ0n) is 15.0. The lowest BCUT2D eigenvalue weighted by atomic mass is 9.96. The highest BCUT2D eigenvalue weighted by molar-refractivity contribution is 14.0. The topological polar surface area (TPSA) is 95.7 Å². The molecule has 2 heterocycles. The van der Waals surface area contributed by atoms with Crippen LogP contribution in [-0.2, 0) is 11.3 Å². The predicted molar refractivity (Wildman–Crippen MR) is 109 cm³/mol. The molecular formula is C16H26IN7O. The third kappa shape index (κ3) is 6.15. The lowest BCUT2D eigenvalue weighted by molar-refractivity contribution is -0.128. The van der Waals surface area contributed by atoms with Crippen molar-refractivity contribution < 1.29 is 4.79 Å². The number of nitrogens with zero attached hydrogens (tertiary/aromatic N) is 4. The molecule has 0 aliphatic heterocycles. The molecule has 8 nitrogen and oxygen atoms in total. The molecule has 25 heavy (non-hydrogen) atoms. The molecule has 0 saturated carbocycles. The third-order valence-electron chi connectivity index (χ3n) is 3.41. The second kappa shape index (κ2) is 9.54. The van der Waals surface area contributed by atoms with Gasteiger partial charge in [0.05, 0.1) is 6.54 Å². The number of aromatic nitrogens is 3. The summed E-state index contributed by atoms with van der Waals surface area (Å²) in [7, 11) is 1.70. The third-order valence-corrected chi connectivity index (χ3v) is 3.41. The van der Waals surface area contributed by atoms with E-state index < -0.39 is 0 Å². The molecule has 0 spiro atoms. The van der Waals surface area contributed by atoms with Crippen LogP contribution in [0.4, 0.5) is 0 Å². The van der Waals surface area contributed by atoms with Gasteiger partial charge in [0.25, 0.3) is 0 Å². The highest BCUT2D eigenvalue weighted by Gasteiger charge is 2.20. The van der Waals surface area contributed by atoms with Crippen LogP contribution in [0.5, 0.6) is 0 Å². The van der Waals surface area contributed by atoms with E-state index in [4.69, 9.17) is 0 Å². The molecule has 0 atom stereocenters. The molecule has 0 fully saturated rings. The van der Waals surface area contributed by atoms with Crippen LogP contribution in [-0.4, -0.2) is 46.6 Å². The molecule has 138 valence electrons. The molecule has 0 aliphatic rings. The molecule has 2 aromatic heterocycles. The smallest absolute Gasteiger partial charge is 0.225 e. The molecule has 1 amide bonds. The van der Waals surface area contributed by atoms with Gasteiger partial charge >= 0.3 is 0 Å². The van der Waals surface area contributed by atoms with E-state index in [0.29, 0.717) is 25.6 Å². The summed E-state index contributed by atoms with van der Waals surface area (Å²) in [6, 6.07) is 5.76. The Labute approximate surface area is 164 Å². The van der Waals surface area contributed by atoms with Crippen LogP contribution in [0.15, 0.2) is 29.4 Å². The fourth-order valence-corrected chi connectivity index (χ4v) is 2.02. The van der Waals surface area contributed by atoms with E-state index in [1.165, 1.54) is 0 Å². The normalized spacial score (nSPS) is 11.8. The Balaban J connectivity index is 0.00000312. The summed E-state index contributed by atoms with van der Waals surface area (Å²) < 4.78 is 1.92. The summed E-state index contributed by atoms with van der Waals surface area (Å²) in [5.74, 6) is 1.48. The number of amides is 1. The van der Waals surface area contributed by atoms with Gasteiger partial charge < -0.3 is 16.0 Å². The van der Waals surface area contributed by atoms with Crippen molar-refractivity contribution in [3.05, 3.63) is 30.2 Å². The van der Waals surface area contributed by atoms with Gasteiger partial charge in [-0.15, -0.1) is 34.2 Å². The van der Waals surface area contributed by atoms with Gasteiger partial charge in [0.15, 0.2) is 17.4 Å². The molecular weight excluding hydrogens is 433 g/mol. The van der Waals surface area contributed by atoms with Crippen molar-refractivity contribution in [2.45, 2.75) is 27.3 Å². The van der Waals surface area contributed by atoms with Crippen LogP contribution in [0.2, 0.25) is 0 Å². The Kier molecular flexibility index (Phi) is 8.07. The van der Waals surface area contributed by atoms with E-state index in [2.05, 4.69) is 31.1 Å². The van der Waals surface area contributed by atoms with Crippen LogP contribution in [0.3, 0.4) is 0 Å². The monoisotopic (exact) mass is 459 g/mol. The maximum Gasteiger partial charge on any atom is 0.225 e. The molecule has 0 saturated heterocycles. The highest BCUT2D eigenvalue weighted by Crippen LogP contribution is 2.11. The molecule has 0 radical (unpaired) electrons. The number of carbonyl (C=O) groups excluding carboxylic acids is 1. The molecule has 2 aromatic rings. The lowest BCUT2D eigenvalue weighted by Gasteiger charge is -2.18. The first-order valence-corrected chi connectivity index (χ1v) is 7.93. The Morgan fingerprint density at radius 2 is 1.88 bits per heavy atom. The maximum atomic E-state index is 11.8. The van der Waals surface area contributed by atoms with Gasteiger partial charge in [-0.25, -0.2) is 0 Å². The van der Waals surface area contributed by atoms with Crippen LogP contribution < -0.4 is 16.0 Å².